The Bertz CT molecular complexity index is 662. The van der Waals surface area contributed by atoms with Crippen LogP contribution in [0.5, 0.6) is 0 Å². The molecule has 2 atom stereocenters. The van der Waals surface area contributed by atoms with Crippen LogP contribution in [0.3, 0.4) is 0 Å². The van der Waals surface area contributed by atoms with E-state index in [2.05, 4.69) is 15.6 Å². The molecule has 0 saturated carbocycles. The SMILES string of the molecule is CCCCC(=O)N(C)[C@H](CC(NC(=O)NCC)c1nc(C(=O)O)cs1)C(C)C. The maximum absolute atomic E-state index is 12.5. The highest BCUT2D eigenvalue weighted by atomic mass is 32.1. The van der Waals surface area contributed by atoms with E-state index >= 15 is 0 Å². The molecule has 0 bridgehead atoms. The minimum atomic E-state index is -1.11. The maximum Gasteiger partial charge on any atom is 0.355 e. The average molecular weight is 413 g/mol. The van der Waals surface area contributed by atoms with Crippen molar-refractivity contribution in [2.75, 3.05) is 13.6 Å². The summed E-state index contributed by atoms with van der Waals surface area (Å²) in [6, 6.07) is -0.950. The van der Waals surface area contributed by atoms with Crippen LogP contribution < -0.4 is 10.6 Å². The number of hydrogen-bond donors (Lipinski definition) is 3. The first-order valence-electron chi connectivity index (χ1n) is 9.69. The van der Waals surface area contributed by atoms with Crippen molar-refractivity contribution in [3.8, 4) is 0 Å². The molecule has 0 aliphatic rings. The first-order valence-corrected chi connectivity index (χ1v) is 10.6. The van der Waals surface area contributed by atoms with Crippen molar-refractivity contribution in [2.24, 2.45) is 5.92 Å². The van der Waals surface area contributed by atoms with Crippen LogP contribution in [0.25, 0.3) is 0 Å². The van der Waals surface area contributed by atoms with E-state index in [0.717, 1.165) is 12.8 Å². The van der Waals surface area contributed by atoms with Gasteiger partial charge in [0.05, 0.1) is 6.04 Å². The number of unbranched alkanes of at least 4 members (excludes halogenated alkanes) is 1. The number of hydrogen-bond acceptors (Lipinski definition) is 5. The fourth-order valence-corrected chi connectivity index (χ4v) is 3.80. The Labute approximate surface area is 170 Å². The van der Waals surface area contributed by atoms with Crippen molar-refractivity contribution in [2.45, 2.75) is 65.5 Å². The van der Waals surface area contributed by atoms with Gasteiger partial charge in [0.1, 0.15) is 5.01 Å². The molecule has 0 aliphatic carbocycles. The van der Waals surface area contributed by atoms with Gasteiger partial charge in [-0.05, 0) is 25.7 Å². The molecule has 28 heavy (non-hydrogen) atoms. The van der Waals surface area contributed by atoms with E-state index in [0.29, 0.717) is 24.4 Å². The highest BCUT2D eigenvalue weighted by Gasteiger charge is 2.29. The van der Waals surface area contributed by atoms with Gasteiger partial charge < -0.3 is 20.6 Å². The molecule has 158 valence electrons. The lowest BCUT2D eigenvalue weighted by Gasteiger charge is -2.34. The first kappa shape index (κ1) is 23.9. The molecular weight excluding hydrogens is 380 g/mol. The molecule has 0 aromatic carbocycles. The number of aromatic nitrogens is 1. The quantitative estimate of drug-likeness (QED) is 0.516. The highest BCUT2D eigenvalue weighted by molar-refractivity contribution is 7.09. The summed E-state index contributed by atoms with van der Waals surface area (Å²) in [6.45, 7) is 8.39. The van der Waals surface area contributed by atoms with E-state index in [1.807, 2.05) is 27.7 Å². The topological polar surface area (TPSA) is 112 Å². The Balaban J connectivity index is 3.06. The third-order valence-electron chi connectivity index (χ3n) is 4.56. The van der Waals surface area contributed by atoms with Gasteiger partial charge >= 0.3 is 12.0 Å². The molecule has 0 saturated heterocycles. The van der Waals surface area contributed by atoms with Crippen LogP contribution in [0.1, 0.15) is 74.9 Å². The number of urea groups is 1. The zero-order chi connectivity index (χ0) is 21.3. The number of rotatable bonds is 11. The molecular formula is C19H32N4O4S. The number of aromatic carboxylic acids is 1. The van der Waals surface area contributed by atoms with Crippen molar-refractivity contribution in [1.29, 1.82) is 0 Å². The molecule has 3 N–H and O–H groups in total. The molecule has 0 spiro atoms. The normalized spacial score (nSPS) is 13.1. The Morgan fingerprint density at radius 1 is 1.29 bits per heavy atom. The van der Waals surface area contributed by atoms with E-state index in [1.54, 1.807) is 11.9 Å². The minimum absolute atomic E-state index is 0.0452. The number of thiazole rings is 1. The summed E-state index contributed by atoms with van der Waals surface area (Å²) >= 11 is 1.20. The highest BCUT2D eigenvalue weighted by Crippen LogP contribution is 2.27. The average Bonchev–Trinajstić information content (AvgIpc) is 3.12. The lowest BCUT2D eigenvalue weighted by Crippen LogP contribution is -2.45. The van der Waals surface area contributed by atoms with E-state index in [4.69, 9.17) is 5.11 Å². The number of nitrogens with one attached hydrogen (secondary N) is 2. The second-order valence-corrected chi connectivity index (χ2v) is 7.98. The second-order valence-electron chi connectivity index (χ2n) is 7.09. The molecule has 1 aromatic heterocycles. The zero-order valence-corrected chi connectivity index (χ0v) is 18.1. The molecule has 1 heterocycles. The summed E-state index contributed by atoms with van der Waals surface area (Å²) in [4.78, 5) is 41.7. The Kier molecular flexibility index (Phi) is 9.92. The standard InChI is InChI=1S/C19H32N4O4S/c1-6-8-9-16(24)23(5)15(12(3)4)10-13(22-19(27)20-7-2)17-21-14(11-28-17)18(25)26/h11-13,15H,6-10H2,1-5H3,(H,25,26)(H2,20,22,27)/t13?,15-/m1/s1. The fraction of sp³-hybridized carbons (Fsp3) is 0.684. The van der Waals surface area contributed by atoms with Crippen LogP contribution in [0.15, 0.2) is 5.38 Å². The van der Waals surface area contributed by atoms with Crippen molar-refractivity contribution in [1.82, 2.24) is 20.5 Å². The van der Waals surface area contributed by atoms with E-state index < -0.39 is 12.0 Å². The Hall–Kier alpha value is -2.16. The molecule has 1 unspecified atom stereocenters. The van der Waals surface area contributed by atoms with Crippen LogP contribution in [0.4, 0.5) is 4.79 Å². The van der Waals surface area contributed by atoms with Crippen molar-refractivity contribution >= 4 is 29.2 Å². The molecule has 3 amide bonds. The molecule has 1 aromatic rings. The van der Waals surface area contributed by atoms with E-state index in [1.165, 1.54) is 16.7 Å². The lowest BCUT2D eigenvalue weighted by atomic mass is 9.95. The van der Waals surface area contributed by atoms with Gasteiger partial charge in [0.2, 0.25) is 5.91 Å². The fourth-order valence-electron chi connectivity index (χ4n) is 2.95. The minimum Gasteiger partial charge on any atom is -0.476 e. The summed E-state index contributed by atoms with van der Waals surface area (Å²) in [5.74, 6) is -0.873. The second kappa shape index (κ2) is 11.6. The number of amides is 3. The van der Waals surface area contributed by atoms with Gasteiger partial charge in [0.15, 0.2) is 5.69 Å². The smallest absolute Gasteiger partial charge is 0.355 e. The lowest BCUT2D eigenvalue weighted by molar-refractivity contribution is -0.133. The van der Waals surface area contributed by atoms with Crippen LogP contribution in [0.2, 0.25) is 0 Å². The summed E-state index contributed by atoms with van der Waals surface area (Å²) < 4.78 is 0. The van der Waals surface area contributed by atoms with Crippen molar-refractivity contribution in [3.63, 3.8) is 0 Å². The Morgan fingerprint density at radius 3 is 2.46 bits per heavy atom. The first-order chi connectivity index (χ1) is 13.2. The predicted octanol–water partition coefficient (Wildman–Crippen LogP) is 3.26. The monoisotopic (exact) mass is 412 g/mol. The van der Waals surface area contributed by atoms with Gasteiger partial charge in [-0.2, -0.15) is 0 Å². The number of nitrogens with zero attached hydrogens (tertiary/aromatic N) is 2. The predicted molar refractivity (Wildman–Crippen MR) is 110 cm³/mol. The van der Waals surface area contributed by atoms with Gasteiger partial charge in [-0.1, -0.05) is 27.2 Å². The van der Waals surface area contributed by atoms with E-state index in [9.17, 15) is 14.4 Å². The van der Waals surface area contributed by atoms with E-state index in [-0.39, 0.29) is 29.6 Å². The van der Waals surface area contributed by atoms with Gasteiger partial charge in [-0.25, -0.2) is 14.6 Å². The van der Waals surface area contributed by atoms with Crippen LogP contribution in [-0.4, -0.2) is 52.5 Å². The molecule has 1 rings (SSSR count). The summed E-state index contributed by atoms with van der Waals surface area (Å²) in [5, 5.41) is 16.7. The van der Waals surface area contributed by atoms with Gasteiger partial charge in [-0.3, -0.25) is 4.79 Å². The third-order valence-corrected chi connectivity index (χ3v) is 5.52. The third kappa shape index (κ3) is 7.10. The van der Waals surface area contributed by atoms with Crippen LogP contribution in [0, 0.1) is 5.92 Å². The molecule has 0 aliphatic heterocycles. The molecule has 0 radical (unpaired) electrons. The maximum atomic E-state index is 12.5. The molecule has 8 nitrogen and oxygen atoms in total. The molecule has 9 heteroatoms. The summed E-state index contributed by atoms with van der Waals surface area (Å²) in [6.07, 6.45) is 2.73. The molecule has 0 fully saturated rings. The number of carboxylic acid groups (broad SMARTS) is 1. The van der Waals surface area contributed by atoms with Gasteiger partial charge in [-0.15, -0.1) is 11.3 Å². The van der Waals surface area contributed by atoms with Crippen molar-refractivity contribution in [3.05, 3.63) is 16.1 Å². The van der Waals surface area contributed by atoms with Gasteiger partial charge in [0.25, 0.3) is 0 Å². The number of carbonyl (C=O) groups is 3. The van der Waals surface area contributed by atoms with Crippen LogP contribution >= 0.6 is 11.3 Å². The largest absolute Gasteiger partial charge is 0.476 e. The van der Waals surface area contributed by atoms with Gasteiger partial charge in [0, 0.05) is 31.4 Å². The number of carboxylic acids is 1. The Morgan fingerprint density at radius 2 is 1.96 bits per heavy atom. The zero-order valence-electron chi connectivity index (χ0n) is 17.3. The van der Waals surface area contributed by atoms with Crippen molar-refractivity contribution < 1.29 is 19.5 Å². The summed E-state index contributed by atoms with van der Waals surface area (Å²) in [5.41, 5.74) is -0.0452. The summed E-state index contributed by atoms with van der Waals surface area (Å²) in [7, 11) is 1.79. The number of carbonyl (C=O) groups excluding carboxylic acids is 2. The van der Waals surface area contributed by atoms with Crippen LogP contribution in [-0.2, 0) is 4.79 Å².